The second kappa shape index (κ2) is 4.69. The van der Waals surface area contributed by atoms with E-state index in [4.69, 9.17) is 5.73 Å². The summed E-state index contributed by atoms with van der Waals surface area (Å²) in [6.07, 6.45) is 1.08. The third kappa shape index (κ3) is 2.47. The van der Waals surface area contributed by atoms with E-state index in [2.05, 4.69) is 50.8 Å². The van der Waals surface area contributed by atoms with Gasteiger partial charge in [0.1, 0.15) is 0 Å². The first-order chi connectivity index (χ1) is 7.99. The van der Waals surface area contributed by atoms with Crippen LogP contribution >= 0.6 is 0 Å². The van der Waals surface area contributed by atoms with Gasteiger partial charge in [-0.3, -0.25) is 0 Å². The maximum Gasteiger partial charge on any atom is 0.0405 e. The van der Waals surface area contributed by atoms with Crippen LogP contribution in [0.15, 0.2) is 18.2 Å². The van der Waals surface area contributed by atoms with E-state index < -0.39 is 0 Å². The molecule has 94 valence electrons. The highest BCUT2D eigenvalue weighted by Gasteiger charge is 2.30. The van der Waals surface area contributed by atoms with Crippen LogP contribution in [-0.2, 0) is 0 Å². The summed E-state index contributed by atoms with van der Waals surface area (Å²) >= 11 is 0. The van der Waals surface area contributed by atoms with Crippen LogP contribution < -0.4 is 10.6 Å². The van der Waals surface area contributed by atoms with Gasteiger partial charge in [0.2, 0.25) is 0 Å². The first-order valence-corrected chi connectivity index (χ1v) is 6.61. The van der Waals surface area contributed by atoms with Crippen molar-refractivity contribution in [2.75, 3.05) is 11.4 Å². The fourth-order valence-electron chi connectivity index (χ4n) is 2.84. The van der Waals surface area contributed by atoms with Gasteiger partial charge in [-0.25, -0.2) is 0 Å². The highest BCUT2D eigenvalue weighted by Crippen LogP contribution is 2.40. The quantitative estimate of drug-likeness (QED) is 0.868. The summed E-state index contributed by atoms with van der Waals surface area (Å²) in [5.74, 6) is 0.604. The predicted octanol–water partition coefficient (Wildman–Crippen LogP) is 3.04. The van der Waals surface area contributed by atoms with Crippen molar-refractivity contribution in [2.24, 2.45) is 5.73 Å². The van der Waals surface area contributed by atoms with Gasteiger partial charge >= 0.3 is 0 Å². The van der Waals surface area contributed by atoms with Gasteiger partial charge in [0.25, 0.3) is 0 Å². The number of nitrogens with two attached hydrogens (primary N) is 1. The Morgan fingerprint density at radius 2 is 2.06 bits per heavy atom. The Morgan fingerprint density at radius 1 is 1.35 bits per heavy atom. The normalized spacial score (nSPS) is 20.8. The van der Waals surface area contributed by atoms with E-state index in [0.717, 1.165) is 13.0 Å². The molecule has 1 heterocycles. The molecule has 2 N–H and O–H groups in total. The van der Waals surface area contributed by atoms with Gasteiger partial charge in [-0.15, -0.1) is 0 Å². The topological polar surface area (TPSA) is 29.3 Å². The Morgan fingerprint density at radius 3 is 2.65 bits per heavy atom. The molecule has 0 amide bonds. The summed E-state index contributed by atoms with van der Waals surface area (Å²) in [6, 6.07) is 7.66. The van der Waals surface area contributed by atoms with Crippen molar-refractivity contribution in [1.29, 1.82) is 0 Å². The molecular formula is C15H24N2. The van der Waals surface area contributed by atoms with Gasteiger partial charge < -0.3 is 10.6 Å². The van der Waals surface area contributed by atoms with Crippen LogP contribution in [0.25, 0.3) is 0 Å². The molecular weight excluding hydrogens is 208 g/mol. The van der Waals surface area contributed by atoms with Crippen molar-refractivity contribution in [3.8, 4) is 0 Å². The SMILES string of the molecule is Cc1ccc2c(c1)C(CC(C)N)CN2C(C)C. The first-order valence-electron chi connectivity index (χ1n) is 6.61. The highest BCUT2D eigenvalue weighted by atomic mass is 15.2. The Kier molecular flexibility index (Phi) is 3.43. The van der Waals surface area contributed by atoms with E-state index in [1.165, 1.54) is 16.8 Å². The van der Waals surface area contributed by atoms with Crippen LogP contribution in [-0.4, -0.2) is 18.6 Å². The zero-order chi connectivity index (χ0) is 12.6. The fraction of sp³-hybridized carbons (Fsp3) is 0.600. The van der Waals surface area contributed by atoms with Crippen molar-refractivity contribution in [3.05, 3.63) is 29.3 Å². The van der Waals surface area contributed by atoms with Gasteiger partial charge in [0.05, 0.1) is 0 Å². The van der Waals surface area contributed by atoms with Gasteiger partial charge in [-0.1, -0.05) is 17.7 Å². The molecule has 0 aliphatic carbocycles. The Hall–Kier alpha value is -1.02. The third-order valence-corrected chi connectivity index (χ3v) is 3.63. The van der Waals surface area contributed by atoms with Crippen molar-refractivity contribution < 1.29 is 0 Å². The van der Waals surface area contributed by atoms with E-state index in [-0.39, 0.29) is 6.04 Å². The number of rotatable bonds is 3. The number of anilines is 1. The predicted molar refractivity (Wildman–Crippen MR) is 74.7 cm³/mol. The minimum absolute atomic E-state index is 0.278. The van der Waals surface area contributed by atoms with Crippen LogP contribution in [0.3, 0.4) is 0 Å². The lowest BCUT2D eigenvalue weighted by Gasteiger charge is -2.24. The van der Waals surface area contributed by atoms with Crippen LogP contribution in [0.4, 0.5) is 5.69 Å². The van der Waals surface area contributed by atoms with Crippen LogP contribution in [0.2, 0.25) is 0 Å². The lowest BCUT2D eigenvalue weighted by Crippen LogP contribution is -2.30. The molecule has 1 aromatic rings. The molecule has 2 heteroatoms. The van der Waals surface area contributed by atoms with E-state index in [0.29, 0.717) is 12.0 Å². The summed E-state index contributed by atoms with van der Waals surface area (Å²) in [7, 11) is 0. The Balaban J connectivity index is 2.34. The van der Waals surface area contributed by atoms with Crippen LogP contribution in [0.5, 0.6) is 0 Å². The average Bonchev–Trinajstić information content (AvgIpc) is 2.56. The third-order valence-electron chi connectivity index (χ3n) is 3.63. The standard InChI is InChI=1S/C15H24N2/c1-10(2)17-9-13(8-12(4)16)14-7-11(3)5-6-15(14)17/h5-7,10,12-13H,8-9,16H2,1-4H3. The summed E-state index contributed by atoms with van der Waals surface area (Å²) in [5, 5.41) is 0. The molecule has 1 aliphatic rings. The lowest BCUT2D eigenvalue weighted by atomic mass is 9.94. The molecule has 1 aliphatic heterocycles. The molecule has 2 atom stereocenters. The summed E-state index contributed by atoms with van der Waals surface area (Å²) in [4.78, 5) is 2.50. The molecule has 0 saturated carbocycles. The fourth-order valence-corrected chi connectivity index (χ4v) is 2.84. The molecule has 0 fully saturated rings. The number of aryl methyl sites for hydroxylation is 1. The lowest BCUT2D eigenvalue weighted by molar-refractivity contribution is 0.552. The second-order valence-electron chi connectivity index (χ2n) is 5.72. The molecule has 17 heavy (non-hydrogen) atoms. The maximum absolute atomic E-state index is 5.97. The second-order valence-corrected chi connectivity index (χ2v) is 5.72. The minimum atomic E-state index is 0.278. The average molecular weight is 232 g/mol. The number of nitrogens with zero attached hydrogens (tertiary/aromatic N) is 1. The monoisotopic (exact) mass is 232 g/mol. The Labute approximate surface area is 105 Å². The van der Waals surface area contributed by atoms with Gasteiger partial charge in [-0.05, 0) is 45.7 Å². The van der Waals surface area contributed by atoms with Gasteiger partial charge in [-0.2, -0.15) is 0 Å². The van der Waals surface area contributed by atoms with E-state index in [9.17, 15) is 0 Å². The number of benzene rings is 1. The molecule has 2 unspecified atom stereocenters. The van der Waals surface area contributed by atoms with Crippen molar-refractivity contribution in [1.82, 2.24) is 0 Å². The van der Waals surface area contributed by atoms with Crippen LogP contribution in [0.1, 0.15) is 44.2 Å². The zero-order valence-electron chi connectivity index (χ0n) is 11.4. The summed E-state index contributed by atoms with van der Waals surface area (Å²) in [5.41, 5.74) is 10.2. The summed E-state index contributed by atoms with van der Waals surface area (Å²) < 4.78 is 0. The molecule has 0 spiro atoms. The minimum Gasteiger partial charge on any atom is -0.368 e. The first kappa shape index (κ1) is 12.4. The molecule has 2 rings (SSSR count). The number of hydrogen-bond donors (Lipinski definition) is 1. The maximum atomic E-state index is 5.97. The Bertz CT molecular complexity index is 396. The molecule has 0 bridgehead atoms. The largest absolute Gasteiger partial charge is 0.368 e. The molecule has 0 saturated heterocycles. The van der Waals surface area contributed by atoms with Gasteiger partial charge in [0, 0.05) is 30.2 Å². The zero-order valence-corrected chi connectivity index (χ0v) is 11.4. The molecule has 0 aromatic heterocycles. The molecule has 1 aromatic carbocycles. The number of fused-ring (bicyclic) bond motifs is 1. The number of hydrogen-bond acceptors (Lipinski definition) is 2. The van der Waals surface area contributed by atoms with Crippen LogP contribution in [0, 0.1) is 6.92 Å². The van der Waals surface area contributed by atoms with E-state index >= 15 is 0 Å². The molecule has 2 nitrogen and oxygen atoms in total. The molecule has 0 radical (unpaired) electrons. The summed E-state index contributed by atoms with van der Waals surface area (Å²) in [6.45, 7) is 9.92. The van der Waals surface area contributed by atoms with Gasteiger partial charge in [0.15, 0.2) is 0 Å². The van der Waals surface area contributed by atoms with Crippen molar-refractivity contribution >= 4 is 5.69 Å². The van der Waals surface area contributed by atoms with Crippen molar-refractivity contribution in [3.63, 3.8) is 0 Å². The van der Waals surface area contributed by atoms with E-state index in [1.807, 2.05) is 0 Å². The van der Waals surface area contributed by atoms with Crippen molar-refractivity contribution in [2.45, 2.75) is 52.1 Å². The van der Waals surface area contributed by atoms with E-state index in [1.54, 1.807) is 0 Å². The highest BCUT2D eigenvalue weighted by molar-refractivity contribution is 5.61. The smallest absolute Gasteiger partial charge is 0.0405 e.